The van der Waals surface area contributed by atoms with Gasteiger partial charge < -0.3 is 10.6 Å². The van der Waals surface area contributed by atoms with Crippen LogP contribution in [0, 0.1) is 11.3 Å². The van der Waals surface area contributed by atoms with Crippen molar-refractivity contribution in [3.05, 3.63) is 18.0 Å². The first-order chi connectivity index (χ1) is 8.70. The van der Waals surface area contributed by atoms with Crippen molar-refractivity contribution in [2.45, 2.75) is 39.3 Å². The highest BCUT2D eigenvalue weighted by atomic mass is 15.3. The zero-order chi connectivity index (χ0) is 12.6. The molecule has 0 amide bonds. The molecular formula is C14H24N4. The molecule has 2 saturated heterocycles. The zero-order valence-corrected chi connectivity index (χ0v) is 11.4. The minimum absolute atomic E-state index is 0.497. The molecule has 2 aliphatic heterocycles. The molecule has 2 fully saturated rings. The average molecular weight is 248 g/mol. The highest BCUT2D eigenvalue weighted by Crippen LogP contribution is 2.47. The molecule has 4 heteroatoms. The molecule has 3 heterocycles. The highest BCUT2D eigenvalue weighted by molar-refractivity contribution is 5.21. The monoisotopic (exact) mass is 248 g/mol. The zero-order valence-electron chi connectivity index (χ0n) is 11.4. The number of rotatable bonds is 3. The smallest absolute Gasteiger partial charge is 0.0537 e. The largest absolute Gasteiger partial charge is 0.317 e. The molecule has 0 aliphatic carbocycles. The van der Waals surface area contributed by atoms with E-state index < -0.39 is 0 Å². The number of aromatic nitrogens is 2. The van der Waals surface area contributed by atoms with Gasteiger partial charge in [0, 0.05) is 36.3 Å². The molecule has 100 valence electrons. The molecule has 0 saturated carbocycles. The maximum atomic E-state index is 4.50. The number of nitrogens with zero attached hydrogens (tertiary/aromatic N) is 2. The Morgan fingerprint density at radius 2 is 2.22 bits per heavy atom. The SMILES string of the molecule is CC(C)Cn1cc([C@@H]2NCC23CCNCC3)cn1. The van der Waals surface area contributed by atoms with Gasteiger partial charge in [0.15, 0.2) is 0 Å². The Labute approximate surface area is 109 Å². The molecule has 1 aromatic rings. The molecule has 0 radical (unpaired) electrons. The summed E-state index contributed by atoms with van der Waals surface area (Å²) in [5, 5.41) is 11.6. The van der Waals surface area contributed by atoms with Gasteiger partial charge in [-0.3, -0.25) is 4.68 Å². The quantitative estimate of drug-likeness (QED) is 0.853. The number of piperidine rings is 1. The first kappa shape index (κ1) is 12.2. The van der Waals surface area contributed by atoms with Crippen LogP contribution in [0.2, 0.25) is 0 Å². The Hall–Kier alpha value is -0.870. The van der Waals surface area contributed by atoms with Crippen molar-refractivity contribution in [1.29, 1.82) is 0 Å². The second-order valence-electron chi connectivity index (χ2n) is 6.32. The summed E-state index contributed by atoms with van der Waals surface area (Å²) < 4.78 is 2.09. The van der Waals surface area contributed by atoms with E-state index in [4.69, 9.17) is 0 Å². The van der Waals surface area contributed by atoms with Gasteiger partial charge in [0.2, 0.25) is 0 Å². The third-order valence-electron chi connectivity index (χ3n) is 4.41. The number of hydrogen-bond donors (Lipinski definition) is 2. The average Bonchev–Trinajstić information content (AvgIpc) is 2.76. The van der Waals surface area contributed by atoms with E-state index in [-0.39, 0.29) is 0 Å². The first-order valence-corrected chi connectivity index (χ1v) is 7.16. The lowest BCUT2D eigenvalue weighted by Gasteiger charge is -2.52. The fourth-order valence-corrected chi connectivity index (χ4v) is 3.36. The van der Waals surface area contributed by atoms with Crippen molar-refractivity contribution >= 4 is 0 Å². The van der Waals surface area contributed by atoms with Gasteiger partial charge in [-0.15, -0.1) is 0 Å². The highest BCUT2D eigenvalue weighted by Gasteiger charge is 2.47. The summed E-state index contributed by atoms with van der Waals surface area (Å²) in [5.74, 6) is 0.653. The summed E-state index contributed by atoms with van der Waals surface area (Å²) in [7, 11) is 0. The molecule has 1 aromatic heterocycles. The van der Waals surface area contributed by atoms with Crippen molar-refractivity contribution in [1.82, 2.24) is 20.4 Å². The van der Waals surface area contributed by atoms with Gasteiger partial charge in [0.25, 0.3) is 0 Å². The summed E-state index contributed by atoms with van der Waals surface area (Å²) in [6, 6.07) is 0.528. The Balaban J connectivity index is 1.72. The fourth-order valence-electron chi connectivity index (χ4n) is 3.36. The van der Waals surface area contributed by atoms with Gasteiger partial charge in [-0.25, -0.2) is 0 Å². The minimum atomic E-state index is 0.497. The molecule has 0 aromatic carbocycles. The van der Waals surface area contributed by atoms with Crippen LogP contribution < -0.4 is 10.6 Å². The molecule has 2 aliphatic rings. The van der Waals surface area contributed by atoms with Crippen molar-refractivity contribution in [3.63, 3.8) is 0 Å². The van der Waals surface area contributed by atoms with Crippen LogP contribution >= 0.6 is 0 Å². The van der Waals surface area contributed by atoms with Gasteiger partial charge in [-0.1, -0.05) is 13.8 Å². The molecule has 0 unspecified atom stereocenters. The normalized spacial score (nSPS) is 26.5. The van der Waals surface area contributed by atoms with Crippen LogP contribution in [0.15, 0.2) is 12.4 Å². The Bertz CT molecular complexity index is 404. The van der Waals surface area contributed by atoms with Crippen molar-refractivity contribution in [2.75, 3.05) is 19.6 Å². The van der Waals surface area contributed by atoms with Gasteiger partial charge in [0.1, 0.15) is 0 Å². The van der Waals surface area contributed by atoms with Crippen LogP contribution in [0.1, 0.15) is 38.3 Å². The van der Waals surface area contributed by atoms with Crippen LogP contribution in [0.3, 0.4) is 0 Å². The topological polar surface area (TPSA) is 41.9 Å². The number of nitrogens with one attached hydrogen (secondary N) is 2. The Kier molecular flexibility index (Phi) is 3.16. The third kappa shape index (κ3) is 2.08. The van der Waals surface area contributed by atoms with Crippen LogP contribution in [0.25, 0.3) is 0 Å². The maximum absolute atomic E-state index is 4.50. The van der Waals surface area contributed by atoms with E-state index in [2.05, 4.69) is 46.7 Å². The molecule has 4 nitrogen and oxygen atoms in total. The van der Waals surface area contributed by atoms with E-state index in [1.807, 2.05) is 0 Å². The van der Waals surface area contributed by atoms with Crippen molar-refractivity contribution in [2.24, 2.45) is 11.3 Å². The van der Waals surface area contributed by atoms with E-state index in [1.165, 1.54) is 24.9 Å². The van der Waals surface area contributed by atoms with E-state index >= 15 is 0 Å². The lowest BCUT2D eigenvalue weighted by Crippen LogP contribution is -2.59. The first-order valence-electron chi connectivity index (χ1n) is 7.16. The maximum Gasteiger partial charge on any atom is 0.0537 e. The van der Waals surface area contributed by atoms with Gasteiger partial charge >= 0.3 is 0 Å². The van der Waals surface area contributed by atoms with E-state index in [0.717, 1.165) is 19.6 Å². The second kappa shape index (κ2) is 4.67. The second-order valence-corrected chi connectivity index (χ2v) is 6.32. The van der Waals surface area contributed by atoms with Crippen LogP contribution in [0.4, 0.5) is 0 Å². The predicted molar refractivity (Wildman–Crippen MR) is 72.3 cm³/mol. The minimum Gasteiger partial charge on any atom is -0.317 e. The summed E-state index contributed by atoms with van der Waals surface area (Å²) in [5.41, 5.74) is 1.88. The lowest BCUT2D eigenvalue weighted by molar-refractivity contribution is 0.0435. The molecular weight excluding hydrogens is 224 g/mol. The molecule has 1 atom stereocenters. The standard InChI is InChI=1S/C14H24N4/c1-11(2)8-18-9-12(7-17-18)13-14(10-16-13)3-5-15-6-4-14/h7,9,11,13,15-16H,3-6,8,10H2,1-2H3/t13-/m0/s1. The van der Waals surface area contributed by atoms with E-state index in [0.29, 0.717) is 17.4 Å². The Morgan fingerprint density at radius 3 is 2.83 bits per heavy atom. The van der Waals surface area contributed by atoms with Crippen molar-refractivity contribution in [3.8, 4) is 0 Å². The van der Waals surface area contributed by atoms with Crippen LogP contribution in [-0.2, 0) is 6.54 Å². The van der Waals surface area contributed by atoms with Crippen LogP contribution in [-0.4, -0.2) is 29.4 Å². The third-order valence-corrected chi connectivity index (χ3v) is 4.41. The predicted octanol–water partition coefficient (Wildman–Crippen LogP) is 1.55. The molecule has 18 heavy (non-hydrogen) atoms. The summed E-state index contributed by atoms with van der Waals surface area (Å²) in [6.07, 6.45) is 6.88. The van der Waals surface area contributed by atoms with Gasteiger partial charge in [-0.05, 0) is 31.8 Å². The number of hydrogen-bond acceptors (Lipinski definition) is 3. The summed E-state index contributed by atoms with van der Waals surface area (Å²) in [6.45, 7) is 8.99. The van der Waals surface area contributed by atoms with Crippen LogP contribution in [0.5, 0.6) is 0 Å². The lowest BCUT2D eigenvalue weighted by atomic mass is 9.65. The molecule has 2 N–H and O–H groups in total. The molecule has 0 bridgehead atoms. The Morgan fingerprint density at radius 1 is 1.44 bits per heavy atom. The molecule has 3 rings (SSSR count). The van der Waals surface area contributed by atoms with Gasteiger partial charge in [0.05, 0.1) is 6.20 Å². The fraction of sp³-hybridized carbons (Fsp3) is 0.786. The van der Waals surface area contributed by atoms with Gasteiger partial charge in [-0.2, -0.15) is 5.10 Å². The van der Waals surface area contributed by atoms with E-state index in [9.17, 15) is 0 Å². The van der Waals surface area contributed by atoms with E-state index in [1.54, 1.807) is 0 Å². The van der Waals surface area contributed by atoms with Crippen molar-refractivity contribution < 1.29 is 0 Å². The summed E-state index contributed by atoms with van der Waals surface area (Å²) in [4.78, 5) is 0. The summed E-state index contributed by atoms with van der Waals surface area (Å²) >= 11 is 0. The molecule has 1 spiro atoms.